The maximum atomic E-state index is 5.40. The second-order valence-corrected chi connectivity index (χ2v) is 6.80. The first-order chi connectivity index (χ1) is 9.65. The van der Waals surface area contributed by atoms with E-state index >= 15 is 0 Å². The number of aromatic amines is 1. The summed E-state index contributed by atoms with van der Waals surface area (Å²) in [6.07, 6.45) is 4.97. The molecule has 108 valence electrons. The van der Waals surface area contributed by atoms with Crippen LogP contribution in [-0.4, -0.2) is 26.8 Å². The third-order valence-corrected chi connectivity index (χ3v) is 4.89. The van der Waals surface area contributed by atoms with E-state index in [1.807, 2.05) is 14.0 Å². The minimum Gasteiger partial charge on any atom is -0.338 e. The van der Waals surface area contributed by atoms with Gasteiger partial charge in [0.15, 0.2) is 4.77 Å². The Labute approximate surface area is 127 Å². The Balaban J connectivity index is 1.84. The van der Waals surface area contributed by atoms with Crippen LogP contribution >= 0.6 is 23.6 Å². The number of aryl methyl sites for hydroxylation is 1. The first kappa shape index (κ1) is 13.8. The van der Waals surface area contributed by atoms with E-state index in [0.717, 1.165) is 28.0 Å². The molecule has 0 bridgehead atoms. The van der Waals surface area contributed by atoms with Crippen molar-refractivity contribution in [1.82, 2.24) is 19.7 Å². The van der Waals surface area contributed by atoms with Gasteiger partial charge < -0.3 is 4.90 Å². The van der Waals surface area contributed by atoms with Gasteiger partial charge in [-0.1, -0.05) is 12.8 Å². The fraction of sp³-hybridized carbons (Fsp3) is 0.615. The van der Waals surface area contributed by atoms with Crippen LogP contribution in [0.25, 0.3) is 0 Å². The van der Waals surface area contributed by atoms with Crippen molar-refractivity contribution >= 4 is 29.5 Å². The van der Waals surface area contributed by atoms with Gasteiger partial charge in [0.25, 0.3) is 0 Å². The number of rotatable bonds is 4. The molecular formula is C13H19N5S2. The maximum Gasteiger partial charge on any atom is 0.226 e. The van der Waals surface area contributed by atoms with Crippen LogP contribution < -0.4 is 4.90 Å². The van der Waals surface area contributed by atoms with E-state index in [-0.39, 0.29) is 0 Å². The van der Waals surface area contributed by atoms with Gasteiger partial charge in [0.2, 0.25) is 5.95 Å². The molecule has 20 heavy (non-hydrogen) atoms. The van der Waals surface area contributed by atoms with Gasteiger partial charge in [-0.3, -0.25) is 4.57 Å². The van der Waals surface area contributed by atoms with Crippen LogP contribution in [0.4, 0.5) is 5.95 Å². The lowest BCUT2D eigenvalue weighted by molar-refractivity contribution is 0.508. The zero-order chi connectivity index (χ0) is 14.1. The molecule has 7 heteroatoms. The van der Waals surface area contributed by atoms with Crippen LogP contribution in [0.15, 0.2) is 5.38 Å². The summed E-state index contributed by atoms with van der Waals surface area (Å²) in [7, 11) is 2.05. The second kappa shape index (κ2) is 5.65. The molecule has 1 fully saturated rings. The Morgan fingerprint density at radius 2 is 2.25 bits per heavy atom. The Kier molecular flexibility index (Phi) is 3.89. The predicted octanol–water partition coefficient (Wildman–Crippen LogP) is 3.46. The second-order valence-electron chi connectivity index (χ2n) is 5.35. The lowest BCUT2D eigenvalue weighted by Gasteiger charge is -2.21. The van der Waals surface area contributed by atoms with Crippen LogP contribution in [0.5, 0.6) is 0 Å². The number of thiazole rings is 1. The average Bonchev–Trinajstić information content (AvgIpc) is 3.10. The van der Waals surface area contributed by atoms with Crippen molar-refractivity contribution in [3.05, 3.63) is 20.9 Å². The van der Waals surface area contributed by atoms with E-state index in [1.165, 1.54) is 25.7 Å². The Bertz CT molecular complexity index is 635. The highest BCUT2D eigenvalue weighted by Gasteiger charge is 2.23. The number of hydrogen-bond donors (Lipinski definition) is 1. The lowest BCUT2D eigenvalue weighted by atomic mass is 10.2. The summed E-state index contributed by atoms with van der Waals surface area (Å²) >= 11 is 7.09. The van der Waals surface area contributed by atoms with Crippen molar-refractivity contribution in [2.24, 2.45) is 0 Å². The van der Waals surface area contributed by atoms with Crippen molar-refractivity contribution in [3.63, 3.8) is 0 Å². The minimum atomic E-state index is 0.496. The number of nitrogens with one attached hydrogen (secondary N) is 1. The molecule has 0 atom stereocenters. The van der Waals surface area contributed by atoms with E-state index in [9.17, 15) is 0 Å². The lowest BCUT2D eigenvalue weighted by Crippen LogP contribution is -2.22. The highest BCUT2D eigenvalue weighted by atomic mass is 32.1. The van der Waals surface area contributed by atoms with E-state index in [4.69, 9.17) is 12.2 Å². The van der Waals surface area contributed by atoms with Crippen LogP contribution in [0.3, 0.4) is 0 Å². The Morgan fingerprint density at radius 1 is 1.50 bits per heavy atom. The number of H-pyrrole nitrogens is 1. The molecule has 1 aliphatic rings. The topological polar surface area (TPSA) is 49.7 Å². The third-order valence-electron chi connectivity index (χ3n) is 3.78. The summed E-state index contributed by atoms with van der Waals surface area (Å²) in [6, 6.07) is 0.496. The summed E-state index contributed by atoms with van der Waals surface area (Å²) in [5.74, 6) is 0.924. The van der Waals surface area contributed by atoms with Crippen molar-refractivity contribution < 1.29 is 0 Å². The first-order valence-corrected chi connectivity index (χ1v) is 8.23. The highest BCUT2D eigenvalue weighted by molar-refractivity contribution is 7.71. The van der Waals surface area contributed by atoms with Crippen LogP contribution in [0.2, 0.25) is 0 Å². The normalized spacial score (nSPS) is 15.9. The largest absolute Gasteiger partial charge is 0.338 e. The molecule has 0 radical (unpaired) electrons. The summed E-state index contributed by atoms with van der Waals surface area (Å²) in [4.78, 5) is 6.64. The molecule has 0 aromatic carbocycles. The molecule has 2 aromatic rings. The average molecular weight is 309 g/mol. The molecule has 1 aliphatic carbocycles. The third kappa shape index (κ3) is 2.64. The fourth-order valence-electron chi connectivity index (χ4n) is 2.85. The van der Waals surface area contributed by atoms with E-state index in [1.54, 1.807) is 11.3 Å². The predicted molar refractivity (Wildman–Crippen MR) is 83.9 cm³/mol. The van der Waals surface area contributed by atoms with Crippen LogP contribution in [0.1, 0.15) is 42.4 Å². The standard InChI is InChI=1S/C13H19N5S2/c1-9-14-10(8-20-9)7-17(2)12-15-16-13(19)18(12)11-5-3-4-6-11/h8,11H,3-7H2,1-2H3,(H,16,19). The number of nitrogens with zero attached hydrogens (tertiary/aromatic N) is 4. The molecule has 1 saturated carbocycles. The number of aromatic nitrogens is 4. The van der Waals surface area contributed by atoms with Gasteiger partial charge in [-0.25, -0.2) is 10.1 Å². The van der Waals surface area contributed by atoms with Gasteiger partial charge in [0, 0.05) is 18.5 Å². The van der Waals surface area contributed by atoms with Gasteiger partial charge >= 0.3 is 0 Å². The van der Waals surface area contributed by atoms with Gasteiger partial charge in [0.05, 0.1) is 17.2 Å². The van der Waals surface area contributed by atoms with Crippen LogP contribution in [0, 0.1) is 11.7 Å². The molecule has 0 aliphatic heterocycles. The maximum absolute atomic E-state index is 5.40. The summed E-state index contributed by atoms with van der Waals surface area (Å²) < 4.78 is 2.91. The molecule has 0 unspecified atom stereocenters. The Hall–Kier alpha value is -1.21. The zero-order valence-corrected chi connectivity index (χ0v) is 13.4. The molecular weight excluding hydrogens is 290 g/mol. The van der Waals surface area contributed by atoms with E-state index < -0.39 is 0 Å². The SMILES string of the molecule is Cc1nc(CN(C)c2n[nH]c(=S)n2C2CCCC2)cs1. The quantitative estimate of drug-likeness (QED) is 0.879. The van der Waals surface area contributed by atoms with Crippen molar-refractivity contribution in [3.8, 4) is 0 Å². The van der Waals surface area contributed by atoms with E-state index in [2.05, 4.69) is 30.0 Å². The summed E-state index contributed by atoms with van der Waals surface area (Å²) in [5, 5.41) is 10.6. The van der Waals surface area contributed by atoms with Crippen molar-refractivity contribution in [1.29, 1.82) is 0 Å². The van der Waals surface area contributed by atoms with Crippen molar-refractivity contribution in [2.75, 3.05) is 11.9 Å². The molecule has 0 spiro atoms. The van der Waals surface area contributed by atoms with Gasteiger partial charge in [-0.15, -0.1) is 16.4 Å². The fourth-order valence-corrected chi connectivity index (χ4v) is 3.73. The summed E-state index contributed by atoms with van der Waals surface area (Å²) in [6.45, 7) is 2.79. The van der Waals surface area contributed by atoms with Crippen molar-refractivity contribution in [2.45, 2.75) is 45.2 Å². The molecule has 3 rings (SSSR count). The zero-order valence-electron chi connectivity index (χ0n) is 11.8. The molecule has 0 amide bonds. The smallest absolute Gasteiger partial charge is 0.226 e. The molecule has 5 nitrogen and oxygen atoms in total. The van der Waals surface area contributed by atoms with Gasteiger partial charge in [0.1, 0.15) is 0 Å². The van der Waals surface area contributed by atoms with Gasteiger partial charge in [-0.05, 0) is 32.0 Å². The first-order valence-electron chi connectivity index (χ1n) is 6.94. The molecule has 0 saturated heterocycles. The number of hydrogen-bond acceptors (Lipinski definition) is 5. The summed E-state index contributed by atoms with van der Waals surface area (Å²) in [5.41, 5.74) is 1.09. The molecule has 1 N–H and O–H groups in total. The van der Waals surface area contributed by atoms with E-state index in [0.29, 0.717) is 6.04 Å². The Morgan fingerprint density at radius 3 is 2.90 bits per heavy atom. The highest BCUT2D eigenvalue weighted by Crippen LogP contribution is 2.32. The van der Waals surface area contributed by atoms with Crippen LogP contribution in [-0.2, 0) is 6.54 Å². The molecule has 2 aromatic heterocycles. The number of anilines is 1. The minimum absolute atomic E-state index is 0.496. The molecule has 2 heterocycles. The monoisotopic (exact) mass is 309 g/mol. The van der Waals surface area contributed by atoms with Gasteiger partial charge in [-0.2, -0.15) is 0 Å².